The van der Waals surface area contributed by atoms with Gasteiger partial charge in [-0.3, -0.25) is 4.90 Å². The number of aryl methyl sites for hydroxylation is 1. The molecule has 1 aromatic heterocycles. The molecule has 0 spiro atoms. The fourth-order valence-corrected chi connectivity index (χ4v) is 3.99. The number of rotatable bonds is 6. The summed E-state index contributed by atoms with van der Waals surface area (Å²) >= 11 is 1.91. The Hall–Kier alpha value is -0.450. The molecule has 114 valence electrons. The van der Waals surface area contributed by atoms with Crippen molar-refractivity contribution in [2.45, 2.75) is 66.1 Å². The number of aromatic nitrogens is 1. The number of hydrogen-bond donors (Lipinski definition) is 1. The molecule has 0 aliphatic carbocycles. The zero-order valence-corrected chi connectivity index (χ0v) is 14.2. The molecule has 0 radical (unpaired) electrons. The molecule has 1 unspecified atom stereocenters. The lowest BCUT2D eigenvalue weighted by atomic mass is 10.0. The highest BCUT2D eigenvalue weighted by Gasteiger charge is 2.18. The first-order valence-electron chi connectivity index (χ1n) is 8.01. The van der Waals surface area contributed by atoms with Crippen molar-refractivity contribution in [2.75, 3.05) is 13.1 Å². The van der Waals surface area contributed by atoms with Crippen LogP contribution < -0.4 is 5.32 Å². The molecule has 4 heteroatoms. The van der Waals surface area contributed by atoms with Crippen molar-refractivity contribution in [3.05, 3.63) is 15.6 Å². The Bertz CT molecular complexity index is 414. The Balaban J connectivity index is 1.97. The molecular weight excluding hydrogens is 266 g/mol. The van der Waals surface area contributed by atoms with Gasteiger partial charge in [0.2, 0.25) is 0 Å². The number of likely N-dealkylation sites (tertiary alicyclic amines) is 1. The highest BCUT2D eigenvalue weighted by molar-refractivity contribution is 7.11. The van der Waals surface area contributed by atoms with E-state index in [1.54, 1.807) is 0 Å². The Morgan fingerprint density at radius 3 is 2.90 bits per heavy atom. The van der Waals surface area contributed by atoms with Gasteiger partial charge < -0.3 is 5.32 Å². The molecule has 3 nitrogen and oxygen atoms in total. The molecule has 20 heavy (non-hydrogen) atoms. The molecule has 1 aliphatic rings. The van der Waals surface area contributed by atoms with Gasteiger partial charge in [0.25, 0.3) is 0 Å². The monoisotopic (exact) mass is 295 g/mol. The number of nitrogens with one attached hydrogen (secondary N) is 1. The molecule has 1 aliphatic heterocycles. The predicted molar refractivity (Wildman–Crippen MR) is 87.1 cm³/mol. The maximum Gasteiger partial charge on any atom is 0.107 e. The molecule has 0 amide bonds. The van der Waals surface area contributed by atoms with Crippen LogP contribution >= 0.6 is 11.3 Å². The van der Waals surface area contributed by atoms with Gasteiger partial charge in [-0.1, -0.05) is 27.7 Å². The molecule has 1 aromatic rings. The van der Waals surface area contributed by atoms with Crippen LogP contribution in [0.4, 0.5) is 0 Å². The summed E-state index contributed by atoms with van der Waals surface area (Å²) in [7, 11) is 0. The number of hydrogen-bond acceptors (Lipinski definition) is 4. The lowest BCUT2D eigenvalue weighted by Crippen LogP contribution is -2.33. The fraction of sp³-hybridized carbons (Fsp3) is 0.812. The van der Waals surface area contributed by atoms with Crippen molar-refractivity contribution in [2.24, 2.45) is 5.92 Å². The minimum atomic E-state index is 0.535. The molecule has 0 saturated carbocycles. The first-order valence-corrected chi connectivity index (χ1v) is 8.83. The van der Waals surface area contributed by atoms with Crippen LogP contribution in [-0.2, 0) is 19.5 Å². The van der Waals surface area contributed by atoms with Crippen LogP contribution in [0, 0.1) is 5.92 Å². The normalized spacial score (nSPS) is 20.8. The second kappa shape index (κ2) is 7.53. The van der Waals surface area contributed by atoms with Gasteiger partial charge in [0.05, 0.1) is 12.2 Å². The Labute approximate surface area is 127 Å². The maximum atomic E-state index is 4.86. The van der Waals surface area contributed by atoms with E-state index in [-0.39, 0.29) is 0 Å². The fourth-order valence-electron chi connectivity index (χ4n) is 2.84. The third-order valence-electron chi connectivity index (χ3n) is 3.93. The van der Waals surface area contributed by atoms with Gasteiger partial charge in [-0.05, 0) is 31.7 Å². The van der Waals surface area contributed by atoms with E-state index in [0.29, 0.717) is 6.04 Å². The van der Waals surface area contributed by atoms with Crippen LogP contribution in [0.15, 0.2) is 0 Å². The largest absolute Gasteiger partial charge is 0.310 e. The van der Waals surface area contributed by atoms with E-state index in [1.165, 1.54) is 41.5 Å². The van der Waals surface area contributed by atoms with Crippen LogP contribution in [0.5, 0.6) is 0 Å². The SMILES string of the molecule is CCc1nc(CN2CCCC(C)C2)sc1CNC(C)C. The topological polar surface area (TPSA) is 28.2 Å². The van der Waals surface area contributed by atoms with E-state index in [4.69, 9.17) is 4.98 Å². The lowest BCUT2D eigenvalue weighted by molar-refractivity contribution is 0.176. The molecule has 1 atom stereocenters. The summed E-state index contributed by atoms with van der Waals surface area (Å²) in [5, 5.41) is 4.82. The van der Waals surface area contributed by atoms with E-state index >= 15 is 0 Å². The quantitative estimate of drug-likeness (QED) is 0.871. The van der Waals surface area contributed by atoms with E-state index in [9.17, 15) is 0 Å². The molecule has 0 bridgehead atoms. The van der Waals surface area contributed by atoms with Crippen molar-refractivity contribution >= 4 is 11.3 Å². The van der Waals surface area contributed by atoms with Crippen molar-refractivity contribution in [1.29, 1.82) is 0 Å². The summed E-state index contributed by atoms with van der Waals surface area (Å²) in [6.45, 7) is 13.5. The first-order chi connectivity index (χ1) is 9.58. The van der Waals surface area contributed by atoms with Crippen molar-refractivity contribution in [1.82, 2.24) is 15.2 Å². The summed E-state index contributed by atoms with van der Waals surface area (Å²) in [4.78, 5) is 8.87. The van der Waals surface area contributed by atoms with Crippen molar-refractivity contribution in [3.63, 3.8) is 0 Å². The van der Waals surface area contributed by atoms with E-state index in [0.717, 1.165) is 25.4 Å². The molecule has 1 N–H and O–H groups in total. The minimum Gasteiger partial charge on any atom is -0.310 e. The van der Waals surface area contributed by atoms with Gasteiger partial charge in [-0.25, -0.2) is 4.98 Å². The van der Waals surface area contributed by atoms with Gasteiger partial charge in [-0.15, -0.1) is 11.3 Å². The Morgan fingerprint density at radius 2 is 2.25 bits per heavy atom. The molecule has 1 fully saturated rings. The van der Waals surface area contributed by atoms with E-state index in [2.05, 4.69) is 37.9 Å². The summed E-state index contributed by atoms with van der Waals surface area (Å²) in [6.07, 6.45) is 3.77. The zero-order chi connectivity index (χ0) is 14.5. The first kappa shape index (κ1) is 15.9. The molecular formula is C16H29N3S. The van der Waals surface area contributed by atoms with Crippen molar-refractivity contribution < 1.29 is 0 Å². The van der Waals surface area contributed by atoms with Crippen LogP contribution in [0.2, 0.25) is 0 Å². The number of piperidine rings is 1. The van der Waals surface area contributed by atoms with Gasteiger partial charge in [0, 0.05) is 24.0 Å². The molecule has 0 aromatic carbocycles. The second-order valence-corrected chi connectivity index (χ2v) is 7.52. The van der Waals surface area contributed by atoms with Gasteiger partial charge in [0.1, 0.15) is 5.01 Å². The van der Waals surface area contributed by atoms with Gasteiger partial charge >= 0.3 is 0 Å². The summed E-state index contributed by atoms with van der Waals surface area (Å²) in [5.74, 6) is 0.844. The molecule has 2 heterocycles. The highest BCUT2D eigenvalue weighted by atomic mass is 32.1. The van der Waals surface area contributed by atoms with Crippen LogP contribution in [0.1, 0.15) is 56.1 Å². The van der Waals surface area contributed by atoms with Gasteiger partial charge in [-0.2, -0.15) is 0 Å². The zero-order valence-electron chi connectivity index (χ0n) is 13.4. The third-order valence-corrected chi connectivity index (χ3v) is 5.01. The maximum absolute atomic E-state index is 4.86. The summed E-state index contributed by atoms with van der Waals surface area (Å²) < 4.78 is 0. The van der Waals surface area contributed by atoms with Crippen LogP contribution in [-0.4, -0.2) is 29.0 Å². The minimum absolute atomic E-state index is 0.535. The average Bonchev–Trinajstić information content (AvgIpc) is 2.78. The van der Waals surface area contributed by atoms with Crippen LogP contribution in [0.3, 0.4) is 0 Å². The van der Waals surface area contributed by atoms with Crippen LogP contribution in [0.25, 0.3) is 0 Å². The van der Waals surface area contributed by atoms with Crippen molar-refractivity contribution in [3.8, 4) is 0 Å². The summed E-state index contributed by atoms with van der Waals surface area (Å²) in [6, 6.07) is 0.535. The lowest BCUT2D eigenvalue weighted by Gasteiger charge is -2.29. The number of nitrogens with zero attached hydrogens (tertiary/aromatic N) is 2. The van der Waals surface area contributed by atoms with E-state index in [1.807, 2.05) is 11.3 Å². The summed E-state index contributed by atoms with van der Waals surface area (Å²) in [5.41, 5.74) is 1.29. The molecule has 1 saturated heterocycles. The highest BCUT2D eigenvalue weighted by Crippen LogP contribution is 2.23. The molecule has 2 rings (SSSR count). The van der Waals surface area contributed by atoms with E-state index < -0.39 is 0 Å². The smallest absolute Gasteiger partial charge is 0.107 e. The second-order valence-electron chi connectivity index (χ2n) is 6.35. The standard InChI is InChI=1S/C16H29N3S/c1-5-14-15(9-17-12(2)3)20-16(18-14)11-19-8-6-7-13(4)10-19/h12-13,17H,5-11H2,1-4H3. The van der Waals surface area contributed by atoms with Gasteiger partial charge in [0.15, 0.2) is 0 Å². The average molecular weight is 295 g/mol. The Morgan fingerprint density at radius 1 is 1.45 bits per heavy atom. The predicted octanol–water partition coefficient (Wildman–Crippen LogP) is 3.44. The Kier molecular flexibility index (Phi) is 6.00. The number of thiazole rings is 1. The third kappa shape index (κ3) is 4.54.